The maximum absolute atomic E-state index is 4.68. The average molecular weight is 583 g/mol. The van der Waals surface area contributed by atoms with Crippen molar-refractivity contribution in [2.45, 2.75) is 47.5 Å². The van der Waals surface area contributed by atoms with E-state index >= 15 is 0 Å². The van der Waals surface area contributed by atoms with Gasteiger partial charge in [0.25, 0.3) is 0 Å². The number of fused-ring (bicyclic) bond motifs is 1. The van der Waals surface area contributed by atoms with Crippen molar-refractivity contribution < 1.29 is 0 Å². The van der Waals surface area contributed by atoms with Crippen LogP contribution in [0.25, 0.3) is 33.4 Å². The van der Waals surface area contributed by atoms with Gasteiger partial charge in [-0.05, 0) is 143 Å². The van der Waals surface area contributed by atoms with Crippen LogP contribution in [0.4, 0.5) is 0 Å². The number of hydrogen-bond acceptors (Lipinski definition) is 0. The molecule has 6 rings (SSSR count). The molecule has 0 fully saturated rings. The second kappa shape index (κ2) is 13.0. The molecular weight excluding hydrogens is 540 g/mol. The molecule has 0 unspecified atom stereocenters. The topological polar surface area (TPSA) is 0 Å². The fourth-order valence-corrected chi connectivity index (χ4v) is 6.71. The van der Waals surface area contributed by atoms with Gasteiger partial charge < -0.3 is 0 Å². The third kappa shape index (κ3) is 6.19. The van der Waals surface area contributed by atoms with E-state index in [1.807, 2.05) is 0 Å². The maximum Gasteiger partial charge on any atom is -0.00550 e. The van der Waals surface area contributed by atoms with Gasteiger partial charge in [-0.25, -0.2) is 0 Å². The fraction of sp³-hybridized carbons (Fsp3) is 0.156. The van der Waals surface area contributed by atoms with E-state index in [1.165, 1.54) is 77.9 Å². The second-order valence-electron chi connectivity index (χ2n) is 12.4. The summed E-state index contributed by atoms with van der Waals surface area (Å²) in [6, 6.07) is 46.1. The lowest BCUT2D eigenvalue weighted by Crippen LogP contribution is -1.99. The van der Waals surface area contributed by atoms with Gasteiger partial charge in [-0.15, -0.1) is 0 Å². The summed E-state index contributed by atoms with van der Waals surface area (Å²) >= 11 is 0. The molecule has 0 N–H and O–H groups in total. The standard InChI is InChI=1S/C45H42/c1-30-16-10-13-25-44(30)45(33(4)31(2)36-17-8-7-9-18-36)34(5)32(3)37-21-14-23-41(26-37)42-24-15-22-38(27-42)35(6)43-28-39-19-11-12-20-40(39)29-43/h7-27H,3,28-29H2,1-2,4-6H3/b33-31+,45-34+. The van der Waals surface area contributed by atoms with E-state index in [0.29, 0.717) is 0 Å². The van der Waals surface area contributed by atoms with E-state index in [4.69, 9.17) is 0 Å². The molecule has 0 spiro atoms. The van der Waals surface area contributed by atoms with Gasteiger partial charge in [0.15, 0.2) is 0 Å². The van der Waals surface area contributed by atoms with Crippen LogP contribution in [0.5, 0.6) is 0 Å². The largest absolute Gasteiger partial charge is 0.0909 e. The van der Waals surface area contributed by atoms with Crippen molar-refractivity contribution in [2.24, 2.45) is 0 Å². The van der Waals surface area contributed by atoms with Gasteiger partial charge in [0.05, 0.1) is 0 Å². The van der Waals surface area contributed by atoms with E-state index < -0.39 is 0 Å². The quantitative estimate of drug-likeness (QED) is 0.167. The number of aryl methyl sites for hydroxylation is 1. The molecule has 5 aromatic carbocycles. The Morgan fingerprint density at radius 3 is 1.71 bits per heavy atom. The van der Waals surface area contributed by atoms with Crippen LogP contribution >= 0.6 is 0 Å². The zero-order valence-electron chi connectivity index (χ0n) is 27.2. The van der Waals surface area contributed by atoms with Crippen LogP contribution in [-0.4, -0.2) is 0 Å². The van der Waals surface area contributed by atoms with Crippen molar-refractivity contribution in [3.8, 4) is 11.1 Å². The third-order valence-electron chi connectivity index (χ3n) is 9.68. The van der Waals surface area contributed by atoms with Crippen molar-refractivity contribution in [1.82, 2.24) is 0 Å². The summed E-state index contributed by atoms with van der Waals surface area (Å²) < 4.78 is 0. The molecule has 0 aliphatic heterocycles. The molecule has 5 aromatic rings. The minimum Gasteiger partial charge on any atom is -0.0909 e. The van der Waals surface area contributed by atoms with Gasteiger partial charge in [-0.2, -0.15) is 0 Å². The highest BCUT2D eigenvalue weighted by Crippen LogP contribution is 2.39. The Kier molecular flexibility index (Phi) is 8.67. The Bertz CT molecular complexity index is 1960. The first-order valence-electron chi connectivity index (χ1n) is 16.0. The summed E-state index contributed by atoms with van der Waals surface area (Å²) in [5.41, 5.74) is 20.6. The monoisotopic (exact) mass is 582 g/mol. The fourth-order valence-electron chi connectivity index (χ4n) is 6.71. The predicted molar refractivity (Wildman–Crippen MR) is 196 cm³/mol. The normalized spacial score (nSPS) is 13.6. The average Bonchev–Trinajstić information content (AvgIpc) is 3.53. The van der Waals surface area contributed by atoms with Crippen molar-refractivity contribution in [2.75, 3.05) is 0 Å². The van der Waals surface area contributed by atoms with E-state index in [-0.39, 0.29) is 0 Å². The Balaban J connectivity index is 1.38. The van der Waals surface area contributed by atoms with Crippen LogP contribution in [0, 0.1) is 6.92 Å². The first-order valence-corrected chi connectivity index (χ1v) is 16.0. The van der Waals surface area contributed by atoms with Gasteiger partial charge in [-0.3, -0.25) is 0 Å². The Morgan fingerprint density at radius 2 is 1.07 bits per heavy atom. The molecule has 0 atom stereocenters. The van der Waals surface area contributed by atoms with Crippen molar-refractivity contribution in [3.05, 3.63) is 190 Å². The predicted octanol–water partition coefficient (Wildman–Crippen LogP) is 12.2. The van der Waals surface area contributed by atoms with Gasteiger partial charge in [0.1, 0.15) is 0 Å². The van der Waals surface area contributed by atoms with Crippen molar-refractivity contribution in [3.63, 3.8) is 0 Å². The maximum atomic E-state index is 4.68. The summed E-state index contributed by atoms with van der Waals surface area (Å²) in [5.74, 6) is 0. The van der Waals surface area contributed by atoms with Gasteiger partial charge in [0.2, 0.25) is 0 Å². The summed E-state index contributed by atoms with van der Waals surface area (Å²) in [5, 5.41) is 0. The molecule has 0 nitrogen and oxygen atoms in total. The zero-order chi connectivity index (χ0) is 31.5. The van der Waals surface area contributed by atoms with E-state index in [0.717, 1.165) is 24.0 Å². The van der Waals surface area contributed by atoms with Gasteiger partial charge >= 0.3 is 0 Å². The number of benzene rings is 5. The lowest BCUT2D eigenvalue weighted by atomic mass is 9.84. The molecule has 45 heavy (non-hydrogen) atoms. The van der Waals surface area contributed by atoms with E-state index in [9.17, 15) is 0 Å². The number of rotatable bonds is 7. The first-order chi connectivity index (χ1) is 21.8. The van der Waals surface area contributed by atoms with Crippen LogP contribution in [0.1, 0.15) is 66.6 Å². The Labute approximate surface area is 269 Å². The molecule has 0 radical (unpaired) electrons. The van der Waals surface area contributed by atoms with Crippen LogP contribution in [0.2, 0.25) is 0 Å². The summed E-state index contributed by atoms with van der Waals surface area (Å²) in [7, 11) is 0. The van der Waals surface area contributed by atoms with Gasteiger partial charge in [-0.1, -0.05) is 127 Å². The van der Waals surface area contributed by atoms with Crippen molar-refractivity contribution in [1.29, 1.82) is 0 Å². The molecule has 0 heterocycles. The molecule has 0 saturated heterocycles. The SMILES string of the molecule is C=C(/C(C)=C(\C(C)=C(/C)c1ccccc1)c1ccccc1C)c1cccc(-c2cccc(C(C)=C3Cc4ccccc4C3)c2)c1. The summed E-state index contributed by atoms with van der Waals surface area (Å²) in [6.07, 6.45) is 2.10. The molecule has 0 heteroatoms. The molecule has 1 aliphatic rings. The first kappa shape index (κ1) is 30.1. The van der Waals surface area contributed by atoms with Crippen LogP contribution in [0.3, 0.4) is 0 Å². The smallest absolute Gasteiger partial charge is 0.00550 e. The zero-order valence-corrected chi connectivity index (χ0v) is 27.2. The molecule has 0 bridgehead atoms. The highest BCUT2D eigenvalue weighted by molar-refractivity contribution is 5.98. The molecular formula is C45H42. The number of allylic oxidation sites excluding steroid dienone is 7. The lowest BCUT2D eigenvalue weighted by molar-refractivity contribution is 1.17. The van der Waals surface area contributed by atoms with Crippen LogP contribution in [-0.2, 0) is 12.8 Å². The van der Waals surface area contributed by atoms with E-state index in [1.54, 1.807) is 0 Å². The van der Waals surface area contributed by atoms with Crippen LogP contribution in [0.15, 0.2) is 151 Å². The Hall–Kier alpha value is -4.94. The Morgan fingerprint density at radius 1 is 0.533 bits per heavy atom. The lowest BCUT2D eigenvalue weighted by Gasteiger charge is -2.20. The van der Waals surface area contributed by atoms with Crippen molar-refractivity contribution >= 4 is 22.3 Å². The minimum absolute atomic E-state index is 1.05. The molecule has 0 amide bonds. The molecule has 0 aromatic heterocycles. The molecule has 222 valence electrons. The second-order valence-corrected chi connectivity index (χ2v) is 12.4. The summed E-state index contributed by atoms with van der Waals surface area (Å²) in [4.78, 5) is 0. The minimum atomic E-state index is 1.05. The molecule has 0 saturated carbocycles. The molecule has 1 aliphatic carbocycles. The summed E-state index contributed by atoms with van der Waals surface area (Å²) in [6.45, 7) is 15.9. The number of hydrogen-bond donors (Lipinski definition) is 0. The highest BCUT2D eigenvalue weighted by atomic mass is 14.2. The van der Waals surface area contributed by atoms with Gasteiger partial charge in [0, 0.05) is 0 Å². The highest BCUT2D eigenvalue weighted by Gasteiger charge is 2.19. The third-order valence-corrected chi connectivity index (χ3v) is 9.68. The van der Waals surface area contributed by atoms with E-state index in [2.05, 4.69) is 169 Å². The van der Waals surface area contributed by atoms with Crippen LogP contribution < -0.4 is 0 Å².